The lowest BCUT2D eigenvalue weighted by Crippen LogP contribution is -1.91. The van der Waals surface area contributed by atoms with Gasteiger partial charge in [-0.15, -0.1) is 11.3 Å². The molecule has 3 heteroatoms. The van der Waals surface area contributed by atoms with Crippen LogP contribution in [-0.2, 0) is 0 Å². The molecule has 16 heavy (non-hydrogen) atoms. The Kier molecular flexibility index (Phi) is 3.25. The Bertz CT molecular complexity index is 457. The number of aromatic nitrogens is 1. The molecule has 2 rings (SSSR count). The number of hydrogen-bond donors (Lipinski definition) is 1. The van der Waals surface area contributed by atoms with Crippen LogP contribution in [0.3, 0.4) is 0 Å². The van der Waals surface area contributed by atoms with E-state index >= 15 is 0 Å². The summed E-state index contributed by atoms with van der Waals surface area (Å²) in [6.45, 7) is 6.41. The molecule has 0 aliphatic rings. The fraction of sp³-hybridized carbons (Fsp3) is 0.308. The van der Waals surface area contributed by atoms with Crippen molar-refractivity contribution in [3.05, 3.63) is 40.9 Å². The van der Waals surface area contributed by atoms with Gasteiger partial charge < -0.3 is 5.32 Å². The van der Waals surface area contributed by atoms with E-state index in [1.165, 1.54) is 5.56 Å². The minimum Gasteiger partial charge on any atom is -0.332 e. The first-order valence-electron chi connectivity index (χ1n) is 5.44. The predicted molar refractivity (Wildman–Crippen MR) is 70.7 cm³/mol. The topological polar surface area (TPSA) is 24.9 Å². The molecular formula is C13H16N2S. The lowest BCUT2D eigenvalue weighted by atomic mass is 10.0. The maximum atomic E-state index is 4.37. The molecule has 84 valence electrons. The highest BCUT2D eigenvalue weighted by Gasteiger charge is 2.01. The van der Waals surface area contributed by atoms with Crippen LogP contribution in [0, 0.1) is 6.92 Å². The number of nitrogens with one attached hydrogen (secondary N) is 1. The highest BCUT2D eigenvalue weighted by atomic mass is 32.1. The van der Waals surface area contributed by atoms with Crippen molar-refractivity contribution in [2.75, 3.05) is 5.32 Å². The van der Waals surface area contributed by atoms with Crippen molar-refractivity contribution < 1.29 is 0 Å². The third-order valence-corrected chi connectivity index (χ3v) is 3.32. The van der Waals surface area contributed by atoms with E-state index in [2.05, 4.69) is 48.4 Å². The van der Waals surface area contributed by atoms with Crippen molar-refractivity contribution in [3.8, 4) is 0 Å². The molecule has 0 spiro atoms. The molecule has 0 aliphatic carbocycles. The molecular weight excluding hydrogens is 216 g/mol. The molecule has 0 bridgehead atoms. The van der Waals surface area contributed by atoms with E-state index < -0.39 is 0 Å². The maximum absolute atomic E-state index is 4.37. The molecule has 0 unspecified atom stereocenters. The Morgan fingerprint density at radius 3 is 2.38 bits per heavy atom. The molecule has 0 amide bonds. The normalized spacial score (nSPS) is 10.8. The van der Waals surface area contributed by atoms with Gasteiger partial charge in [-0.1, -0.05) is 26.0 Å². The first-order valence-corrected chi connectivity index (χ1v) is 6.32. The van der Waals surface area contributed by atoms with E-state index in [0.29, 0.717) is 5.92 Å². The number of thiazole rings is 1. The molecule has 0 fully saturated rings. The molecule has 0 saturated carbocycles. The fourth-order valence-electron chi connectivity index (χ4n) is 1.49. The molecule has 1 aromatic heterocycles. The van der Waals surface area contributed by atoms with E-state index in [-0.39, 0.29) is 0 Å². The van der Waals surface area contributed by atoms with Crippen LogP contribution < -0.4 is 5.32 Å². The van der Waals surface area contributed by atoms with Crippen LogP contribution >= 0.6 is 11.3 Å². The average Bonchev–Trinajstić information content (AvgIpc) is 2.65. The van der Waals surface area contributed by atoms with Gasteiger partial charge in [0.1, 0.15) is 0 Å². The lowest BCUT2D eigenvalue weighted by Gasteiger charge is -2.07. The first-order chi connectivity index (χ1) is 7.65. The monoisotopic (exact) mass is 232 g/mol. The molecule has 0 atom stereocenters. The summed E-state index contributed by atoms with van der Waals surface area (Å²) < 4.78 is 0. The molecule has 1 N–H and O–H groups in total. The van der Waals surface area contributed by atoms with Gasteiger partial charge in [0.15, 0.2) is 5.13 Å². The number of benzene rings is 1. The standard InChI is InChI=1S/C13H16N2S/c1-9(2)11-4-6-12(7-5-11)15-13-14-10(3)8-16-13/h4-9H,1-3H3,(H,14,15). The number of aryl methyl sites for hydroxylation is 1. The van der Waals surface area contributed by atoms with Gasteiger partial charge in [0.25, 0.3) is 0 Å². The SMILES string of the molecule is Cc1csc(Nc2ccc(C(C)C)cc2)n1. The highest BCUT2D eigenvalue weighted by Crippen LogP contribution is 2.22. The quantitative estimate of drug-likeness (QED) is 0.852. The Labute approximate surface area is 100 Å². The van der Waals surface area contributed by atoms with Crippen LogP contribution in [0.15, 0.2) is 29.6 Å². The largest absolute Gasteiger partial charge is 0.332 e. The van der Waals surface area contributed by atoms with Crippen molar-refractivity contribution in [2.45, 2.75) is 26.7 Å². The molecule has 1 aromatic carbocycles. The van der Waals surface area contributed by atoms with Gasteiger partial charge in [0, 0.05) is 11.1 Å². The van der Waals surface area contributed by atoms with Gasteiger partial charge in [0.05, 0.1) is 5.69 Å². The average molecular weight is 232 g/mol. The van der Waals surface area contributed by atoms with Crippen LogP contribution in [-0.4, -0.2) is 4.98 Å². The summed E-state index contributed by atoms with van der Waals surface area (Å²) in [6.07, 6.45) is 0. The summed E-state index contributed by atoms with van der Waals surface area (Å²) in [6, 6.07) is 8.53. The maximum Gasteiger partial charge on any atom is 0.187 e. The Morgan fingerprint density at radius 2 is 1.88 bits per heavy atom. The Morgan fingerprint density at radius 1 is 1.19 bits per heavy atom. The summed E-state index contributed by atoms with van der Waals surface area (Å²) in [5.74, 6) is 0.580. The molecule has 2 aromatic rings. The third-order valence-electron chi connectivity index (χ3n) is 2.45. The van der Waals surface area contributed by atoms with Crippen molar-refractivity contribution in [1.29, 1.82) is 0 Å². The van der Waals surface area contributed by atoms with E-state index in [4.69, 9.17) is 0 Å². The van der Waals surface area contributed by atoms with E-state index in [0.717, 1.165) is 16.5 Å². The summed E-state index contributed by atoms with van der Waals surface area (Å²) in [7, 11) is 0. The van der Waals surface area contributed by atoms with Crippen LogP contribution in [0.5, 0.6) is 0 Å². The van der Waals surface area contributed by atoms with Crippen molar-refractivity contribution in [3.63, 3.8) is 0 Å². The van der Waals surface area contributed by atoms with Gasteiger partial charge in [-0.05, 0) is 30.5 Å². The Balaban J connectivity index is 2.11. The summed E-state index contributed by atoms with van der Waals surface area (Å²) in [5, 5.41) is 6.30. The minimum atomic E-state index is 0.580. The van der Waals surface area contributed by atoms with Crippen molar-refractivity contribution in [2.24, 2.45) is 0 Å². The minimum absolute atomic E-state index is 0.580. The van der Waals surface area contributed by atoms with Gasteiger partial charge in [-0.25, -0.2) is 4.98 Å². The lowest BCUT2D eigenvalue weighted by molar-refractivity contribution is 0.867. The smallest absolute Gasteiger partial charge is 0.187 e. The molecule has 1 heterocycles. The Hall–Kier alpha value is -1.35. The van der Waals surface area contributed by atoms with E-state index in [1.807, 2.05) is 12.3 Å². The second-order valence-corrected chi connectivity index (χ2v) is 5.05. The number of anilines is 2. The second-order valence-electron chi connectivity index (χ2n) is 4.20. The number of rotatable bonds is 3. The summed E-state index contributed by atoms with van der Waals surface area (Å²) in [4.78, 5) is 4.37. The van der Waals surface area contributed by atoms with Crippen LogP contribution in [0.1, 0.15) is 31.0 Å². The van der Waals surface area contributed by atoms with Crippen LogP contribution in [0.4, 0.5) is 10.8 Å². The molecule has 0 saturated heterocycles. The zero-order chi connectivity index (χ0) is 11.5. The zero-order valence-electron chi connectivity index (χ0n) is 9.82. The van der Waals surface area contributed by atoms with Gasteiger partial charge in [0.2, 0.25) is 0 Å². The van der Waals surface area contributed by atoms with Gasteiger partial charge in [-0.2, -0.15) is 0 Å². The summed E-state index contributed by atoms with van der Waals surface area (Å²) in [5.41, 5.74) is 3.52. The third kappa shape index (κ3) is 2.61. The second kappa shape index (κ2) is 4.66. The van der Waals surface area contributed by atoms with E-state index in [9.17, 15) is 0 Å². The predicted octanol–water partition coefficient (Wildman–Crippen LogP) is 4.32. The van der Waals surface area contributed by atoms with Gasteiger partial charge >= 0.3 is 0 Å². The van der Waals surface area contributed by atoms with Crippen molar-refractivity contribution >= 4 is 22.2 Å². The van der Waals surface area contributed by atoms with Crippen LogP contribution in [0.25, 0.3) is 0 Å². The van der Waals surface area contributed by atoms with Crippen LogP contribution in [0.2, 0.25) is 0 Å². The highest BCUT2D eigenvalue weighted by molar-refractivity contribution is 7.13. The molecule has 0 aliphatic heterocycles. The number of hydrogen-bond acceptors (Lipinski definition) is 3. The fourth-order valence-corrected chi connectivity index (χ4v) is 2.19. The summed E-state index contributed by atoms with van der Waals surface area (Å²) >= 11 is 1.63. The molecule has 2 nitrogen and oxygen atoms in total. The first kappa shape index (κ1) is 11.1. The van der Waals surface area contributed by atoms with Gasteiger partial charge in [-0.3, -0.25) is 0 Å². The number of nitrogens with zero attached hydrogens (tertiary/aromatic N) is 1. The van der Waals surface area contributed by atoms with Crippen molar-refractivity contribution in [1.82, 2.24) is 4.98 Å². The molecule has 0 radical (unpaired) electrons. The van der Waals surface area contributed by atoms with E-state index in [1.54, 1.807) is 11.3 Å². The zero-order valence-corrected chi connectivity index (χ0v) is 10.6.